The van der Waals surface area contributed by atoms with Crippen molar-refractivity contribution in [3.05, 3.63) is 87.7 Å². The summed E-state index contributed by atoms with van der Waals surface area (Å²) in [4.78, 5) is 33.5. The molecule has 0 aliphatic heterocycles. The van der Waals surface area contributed by atoms with E-state index in [2.05, 4.69) is 15.3 Å². The molecule has 0 spiro atoms. The number of nitrogens with one attached hydrogen (secondary N) is 1. The fourth-order valence-electron chi connectivity index (χ4n) is 3.35. The number of hydrogen-bond donors (Lipinski definition) is 1. The Kier molecular flexibility index (Phi) is 4.92. The Hall–Kier alpha value is -3.05. The molecule has 1 amide bonds. The van der Waals surface area contributed by atoms with Crippen molar-refractivity contribution >= 4 is 29.2 Å². The number of hydrogen-bond acceptors (Lipinski definition) is 4. The maximum absolute atomic E-state index is 12.5. The molecule has 2 aromatic carbocycles. The number of anilines is 1. The van der Waals surface area contributed by atoms with E-state index in [0.29, 0.717) is 34.7 Å². The molecular formula is C22H18ClN3O2. The van der Waals surface area contributed by atoms with Gasteiger partial charge in [0.2, 0.25) is 5.95 Å². The van der Waals surface area contributed by atoms with E-state index in [1.165, 1.54) is 6.20 Å². The van der Waals surface area contributed by atoms with Crippen LogP contribution in [0.25, 0.3) is 0 Å². The molecule has 6 heteroatoms. The SMILES string of the molecule is Cc1ccc(C(=O)Nc2ncc3c(n2)C[C@H](c2ccc(Cl)cc2)CC3=O)cc1. The lowest BCUT2D eigenvalue weighted by molar-refractivity contribution is 0.0962. The van der Waals surface area contributed by atoms with E-state index >= 15 is 0 Å². The van der Waals surface area contributed by atoms with Crippen molar-refractivity contribution in [3.8, 4) is 0 Å². The molecule has 1 atom stereocenters. The first kappa shape index (κ1) is 18.3. The van der Waals surface area contributed by atoms with Crippen molar-refractivity contribution < 1.29 is 9.59 Å². The summed E-state index contributed by atoms with van der Waals surface area (Å²) in [6, 6.07) is 14.8. The van der Waals surface area contributed by atoms with Gasteiger partial charge in [-0.25, -0.2) is 9.97 Å². The van der Waals surface area contributed by atoms with Crippen LogP contribution in [0.4, 0.5) is 5.95 Å². The van der Waals surface area contributed by atoms with E-state index in [1.807, 2.05) is 43.3 Å². The summed E-state index contributed by atoms with van der Waals surface area (Å²) in [5.41, 5.74) is 3.84. The summed E-state index contributed by atoms with van der Waals surface area (Å²) in [5, 5.41) is 3.38. The van der Waals surface area contributed by atoms with Gasteiger partial charge in [-0.15, -0.1) is 0 Å². The van der Waals surface area contributed by atoms with Crippen LogP contribution in [0.1, 0.15) is 49.9 Å². The van der Waals surface area contributed by atoms with Gasteiger partial charge in [-0.3, -0.25) is 14.9 Å². The number of carbonyl (C=O) groups excluding carboxylic acids is 2. The molecule has 28 heavy (non-hydrogen) atoms. The summed E-state index contributed by atoms with van der Waals surface area (Å²) in [6.45, 7) is 1.96. The Morgan fingerprint density at radius 3 is 2.50 bits per heavy atom. The molecular weight excluding hydrogens is 374 g/mol. The van der Waals surface area contributed by atoms with Gasteiger partial charge in [-0.05, 0) is 49.1 Å². The molecule has 0 bridgehead atoms. The second kappa shape index (κ2) is 7.52. The van der Waals surface area contributed by atoms with Crippen LogP contribution < -0.4 is 5.32 Å². The minimum atomic E-state index is -0.281. The van der Waals surface area contributed by atoms with E-state index in [0.717, 1.165) is 11.1 Å². The monoisotopic (exact) mass is 391 g/mol. The Labute approximate surface area is 167 Å². The molecule has 5 nitrogen and oxygen atoms in total. The van der Waals surface area contributed by atoms with Gasteiger partial charge in [0.25, 0.3) is 5.91 Å². The van der Waals surface area contributed by atoms with Crippen LogP contribution in [0.2, 0.25) is 5.02 Å². The summed E-state index contributed by atoms with van der Waals surface area (Å²) in [6.07, 6.45) is 2.53. The maximum Gasteiger partial charge on any atom is 0.258 e. The molecule has 3 aromatic rings. The predicted molar refractivity (Wildman–Crippen MR) is 108 cm³/mol. The topological polar surface area (TPSA) is 72.0 Å². The van der Waals surface area contributed by atoms with Crippen molar-refractivity contribution in [1.82, 2.24) is 9.97 Å². The lowest BCUT2D eigenvalue weighted by Crippen LogP contribution is -2.22. The van der Waals surface area contributed by atoms with E-state index in [9.17, 15) is 9.59 Å². The number of benzene rings is 2. The van der Waals surface area contributed by atoms with Crippen LogP contribution in [-0.2, 0) is 6.42 Å². The molecule has 0 radical (unpaired) electrons. The summed E-state index contributed by atoms with van der Waals surface area (Å²) in [5.74, 6) is -0.0318. The second-order valence-electron chi connectivity index (χ2n) is 6.95. The lowest BCUT2D eigenvalue weighted by atomic mass is 9.82. The zero-order valence-electron chi connectivity index (χ0n) is 15.3. The van der Waals surface area contributed by atoms with Crippen molar-refractivity contribution in [2.45, 2.75) is 25.7 Å². The molecule has 140 valence electrons. The number of ketones is 1. The third kappa shape index (κ3) is 3.80. The van der Waals surface area contributed by atoms with Crippen LogP contribution in [0, 0.1) is 6.92 Å². The number of aryl methyl sites for hydroxylation is 1. The molecule has 0 fully saturated rings. The Balaban J connectivity index is 1.56. The molecule has 1 N–H and O–H groups in total. The molecule has 0 unspecified atom stereocenters. The summed E-state index contributed by atoms with van der Waals surface area (Å²) in [7, 11) is 0. The fourth-order valence-corrected chi connectivity index (χ4v) is 3.48. The minimum Gasteiger partial charge on any atom is -0.294 e. The largest absolute Gasteiger partial charge is 0.294 e. The van der Waals surface area contributed by atoms with E-state index in [1.54, 1.807) is 12.1 Å². The maximum atomic E-state index is 12.5. The van der Waals surface area contributed by atoms with Crippen LogP contribution in [0.5, 0.6) is 0 Å². The average Bonchev–Trinajstić information content (AvgIpc) is 2.68. The highest BCUT2D eigenvalue weighted by Crippen LogP contribution is 2.32. The highest BCUT2D eigenvalue weighted by molar-refractivity contribution is 6.30. The van der Waals surface area contributed by atoms with Gasteiger partial charge >= 0.3 is 0 Å². The molecule has 1 aromatic heterocycles. The Morgan fingerprint density at radius 2 is 1.79 bits per heavy atom. The number of fused-ring (bicyclic) bond motifs is 1. The normalized spacial score (nSPS) is 15.8. The van der Waals surface area contributed by atoms with Crippen LogP contribution >= 0.6 is 11.6 Å². The van der Waals surface area contributed by atoms with Crippen molar-refractivity contribution in [2.75, 3.05) is 5.32 Å². The van der Waals surface area contributed by atoms with Gasteiger partial charge in [0.1, 0.15) is 0 Å². The fraction of sp³-hybridized carbons (Fsp3) is 0.182. The standard InChI is InChI=1S/C22H18ClN3O2/c1-13-2-4-15(5-3-13)21(28)26-22-24-12-18-19(25-22)10-16(11-20(18)27)14-6-8-17(23)9-7-14/h2-9,12,16H,10-11H2,1H3,(H,24,25,26,28)/t16-/m0/s1. The summed E-state index contributed by atoms with van der Waals surface area (Å²) < 4.78 is 0. The molecule has 1 aliphatic rings. The number of amides is 1. The number of Topliss-reactive ketones (excluding diaryl/α,β-unsaturated/α-hetero) is 1. The van der Waals surface area contributed by atoms with Gasteiger partial charge in [0, 0.05) is 23.2 Å². The highest BCUT2D eigenvalue weighted by Gasteiger charge is 2.28. The van der Waals surface area contributed by atoms with Crippen molar-refractivity contribution in [3.63, 3.8) is 0 Å². The predicted octanol–water partition coefficient (Wildman–Crippen LogP) is 4.60. The zero-order chi connectivity index (χ0) is 19.7. The van der Waals surface area contributed by atoms with Crippen LogP contribution in [0.15, 0.2) is 54.7 Å². The number of nitrogens with zero attached hydrogens (tertiary/aromatic N) is 2. The number of halogens is 1. The molecule has 4 rings (SSSR count). The third-order valence-electron chi connectivity index (χ3n) is 4.92. The molecule has 0 saturated carbocycles. The van der Waals surface area contributed by atoms with Gasteiger partial charge < -0.3 is 0 Å². The Bertz CT molecular complexity index is 1050. The Morgan fingerprint density at radius 1 is 1.07 bits per heavy atom. The lowest BCUT2D eigenvalue weighted by Gasteiger charge is -2.23. The van der Waals surface area contributed by atoms with E-state index in [4.69, 9.17) is 11.6 Å². The van der Waals surface area contributed by atoms with Gasteiger partial charge in [-0.2, -0.15) is 0 Å². The van der Waals surface area contributed by atoms with Crippen LogP contribution in [0.3, 0.4) is 0 Å². The quantitative estimate of drug-likeness (QED) is 0.708. The average molecular weight is 392 g/mol. The molecule has 1 aliphatic carbocycles. The smallest absolute Gasteiger partial charge is 0.258 e. The van der Waals surface area contributed by atoms with Gasteiger partial charge in [-0.1, -0.05) is 41.4 Å². The number of carbonyl (C=O) groups is 2. The second-order valence-corrected chi connectivity index (χ2v) is 7.39. The van der Waals surface area contributed by atoms with Crippen molar-refractivity contribution in [1.29, 1.82) is 0 Å². The number of rotatable bonds is 3. The first-order valence-corrected chi connectivity index (χ1v) is 9.40. The first-order chi connectivity index (χ1) is 13.5. The molecule has 1 heterocycles. The van der Waals surface area contributed by atoms with Crippen LogP contribution in [-0.4, -0.2) is 21.7 Å². The molecule has 0 saturated heterocycles. The van der Waals surface area contributed by atoms with E-state index in [-0.39, 0.29) is 23.6 Å². The van der Waals surface area contributed by atoms with Gasteiger partial charge in [0.15, 0.2) is 5.78 Å². The van der Waals surface area contributed by atoms with Gasteiger partial charge in [0.05, 0.1) is 11.3 Å². The summed E-state index contributed by atoms with van der Waals surface area (Å²) >= 11 is 5.96. The zero-order valence-corrected chi connectivity index (χ0v) is 16.0. The first-order valence-electron chi connectivity index (χ1n) is 9.02. The van der Waals surface area contributed by atoms with Crippen molar-refractivity contribution in [2.24, 2.45) is 0 Å². The van der Waals surface area contributed by atoms with E-state index < -0.39 is 0 Å². The minimum absolute atomic E-state index is 0.0117. The number of aromatic nitrogens is 2. The third-order valence-corrected chi connectivity index (χ3v) is 5.17. The highest BCUT2D eigenvalue weighted by atomic mass is 35.5.